The SMILES string of the molecule is CC1CCCN(C(=O)N(C)CC(C)C(N)=NO)C1. The third-order valence-electron chi connectivity index (χ3n) is 3.42. The number of urea groups is 1. The molecule has 0 aromatic heterocycles. The number of oxime groups is 1. The molecule has 1 aliphatic rings. The van der Waals surface area contributed by atoms with E-state index in [9.17, 15) is 4.79 Å². The molecule has 1 fully saturated rings. The Morgan fingerprint density at radius 2 is 2.33 bits per heavy atom. The van der Waals surface area contributed by atoms with E-state index in [1.807, 2.05) is 11.8 Å². The molecule has 6 heteroatoms. The highest BCUT2D eigenvalue weighted by Gasteiger charge is 2.24. The van der Waals surface area contributed by atoms with Crippen molar-refractivity contribution in [3.63, 3.8) is 0 Å². The normalized spacial score (nSPS) is 22.7. The first kappa shape index (κ1) is 14.6. The lowest BCUT2D eigenvalue weighted by Crippen LogP contribution is -2.47. The van der Waals surface area contributed by atoms with Gasteiger partial charge in [-0.25, -0.2) is 4.79 Å². The molecule has 0 bridgehead atoms. The van der Waals surface area contributed by atoms with Crippen LogP contribution in [-0.2, 0) is 0 Å². The Bertz CT molecular complexity index is 319. The molecule has 2 atom stereocenters. The van der Waals surface area contributed by atoms with Crippen LogP contribution in [0.25, 0.3) is 0 Å². The van der Waals surface area contributed by atoms with Crippen LogP contribution in [-0.4, -0.2) is 53.6 Å². The third kappa shape index (κ3) is 3.78. The lowest BCUT2D eigenvalue weighted by molar-refractivity contribution is 0.137. The average Bonchev–Trinajstić information content (AvgIpc) is 2.36. The van der Waals surface area contributed by atoms with E-state index in [-0.39, 0.29) is 17.8 Å². The zero-order valence-corrected chi connectivity index (χ0v) is 11.5. The van der Waals surface area contributed by atoms with E-state index >= 15 is 0 Å². The predicted molar refractivity (Wildman–Crippen MR) is 70.6 cm³/mol. The number of nitrogens with two attached hydrogens (primary N) is 1. The summed E-state index contributed by atoms with van der Waals surface area (Å²) in [6.07, 6.45) is 2.25. The summed E-state index contributed by atoms with van der Waals surface area (Å²) in [7, 11) is 1.75. The summed E-state index contributed by atoms with van der Waals surface area (Å²) < 4.78 is 0. The summed E-state index contributed by atoms with van der Waals surface area (Å²) in [6, 6.07) is 0.0270. The zero-order valence-electron chi connectivity index (χ0n) is 11.5. The molecule has 0 spiro atoms. The van der Waals surface area contributed by atoms with Crippen LogP contribution < -0.4 is 5.73 Å². The van der Waals surface area contributed by atoms with Crippen molar-refractivity contribution < 1.29 is 10.0 Å². The van der Waals surface area contributed by atoms with Crippen molar-refractivity contribution in [1.82, 2.24) is 9.80 Å². The molecule has 6 nitrogen and oxygen atoms in total. The summed E-state index contributed by atoms with van der Waals surface area (Å²) in [4.78, 5) is 15.7. The summed E-state index contributed by atoms with van der Waals surface area (Å²) in [6.45, 7) is 6.10. The van der Waals surface area contributed by atoms with Gasteiger partial charge in [-0.2, -0.15) is 0 Å². The molecular weight excluding hydrogens is 232 g/mol. The molecule has 104 valence electrons. The third-order valence-corrected chi connectivity index (χ3v) is 3.42. The molecule has 0 aromatic rings. The minimum atomic E-state index is -0.147. The zero-order chi connectivity index (χ0) is 13.7. The quantitative estimate of drug-likeness (QED) is 0.344. The van der Waals surface area contributed by atoms with Gasteiger partial charge in [-0.05, 0) is 18.8 Å². The lowest BCUT2D eigenvalue weighted by Gasteiger charge is -2.34. The fourth-order valence-corrected chi connectivity index (χ4v) is 2.29. The summed E-state index contributed by atoms with van der Waals surface area (Å²) in [5.41, 5.74) is 5.51. The number of nitrogens with zero attached hydrogens (tertiary/aromatic N) is 3. The van der Waals surface area contributed by atoms with E-state index in [0.29, 0.717) is 12.5 Å². The molecular formula is C12H24N4O2. The second kappa shape index (κ2) is 6.47. The van der Waals surface area contributed by atoms with E-state index in [1.54, 1.807) is 11.9 Å². The number of likely N-dealkylation sites (tertiary alicyclic amines) is 1. The van der Waals surface area contributed by atoms with Gasteiger partial charge in [0.25, 0.3) is 0 Å². The van der Waals surface area contributed by atoms with Gasteiger partial charge in [0.1, 0.15) is 5.84 Å². The van der Waals surface area contributed by atoms with E-state index in [2.05, 4.69) is 12.1 Å². The second-order valence-electron chi connectivity index (χ2n) is 5.28. The van der Waals surface area contributed by atoms with Crippen LogP contribution in [0.15, 0.2) is 5.16 Å². The molecule has 1 aliphatic heterocycles. The van der Waals surface area contributed by atoms with Crippen LogP contribution in [0.5, 0.6) is 0 Å². The van der Waals surface area contributed by atoms with Gasteiger partial charge in [0.2, 0.25) is 0 Å². The Kier molecular flexibility index (Phi) is 5.25. The molecule has 1 heterocycles. The van der Waals surface area contributed by atoms with Crippen molar-refractivity contribution in [3.05, 3.63) is 0 Å². The fourth-order valence-electron chi connectivity index (χ4n) is 2.29. The highest BCUT2D eigenvalue weighted by molar-refractivity contribution is 5.83. The fraction of sp³-hybridized carbons (Fsp3) is 0.833. The first-order valence-corrected chi connectivity index (χ1v) is 6.43. The maximum absolute atomic E-state index is 12.2. The van der Waals surface area contributed by atoms with Crippen LogP contribution in [0.1, 0.15) is 26.7 Å². The van der Waals surface area contributed by atoms with Gasteiger partial charge in [0.05, 0.1) is 0 Å². The van der Waals surface area contributed by atoms with E-state index in [0.717, 1.165) is 19.5 Å². The number of amides is 2. The smallest absolute Gasteiger partial charge is 0.319 e. The van der Waals surface area contributed by atoms with Crippen molar-refractivity contribution in [2.24, 2.45) is 22.7 Å². The van der Waals surface area contributed by atoms with Crippen molar-refractivity contribution >= 4 is 11.9 Å². The van der Waals surface area contributed by atoms with Gasteiger partial charge >= 0.3 is 6.03 Å². The van der Waals surface area contributed by atoms with Crippen LogP contribution in [0.2, 0.25) is 0 Å². The van der Waals surface area contributed by atoms with Crippen molar-refractivity contribution in [2.45, 2.75) is 26.7 Å². The molecule has 0 saturated carbocycles. The standard InChI is InChI=1S/C12H24N4O2/c1-9-5-4-6-16(7-9)12(17)15(3)8-10(2)11(13)14-18/h9-10,18H,4-8H2,1-3H3,(H2,13,14). The lowest BCUT2D eigenvalue weighted by atomic mass is 10.0. The first-order chi connectivity index (χ1) is 8.45. The first-order valence-electron chi connectivity index (χ1n) is 6.43. The second-order valence-corrected chi connectivity index (χ2v) is 5.28. The van der Waals surface area contributed by atoms with Crippen LogP contribution >= 0.6 is 0 Å². The largest absolute Gasteiger partial charge is 0.409 e. The maximum Gasteiger partial charge on any atom is 0.319 e. The van der Waals surface area contributed by atoms with E-state index in [1.165, 1.54) is 6.42 Å². The monoisotopic (exact) mass is 256 g/mol. The molecule has 1 rings (SSSR count). The number of hydrogen-bond acceptors (Lipinski definition) is 3. The number of amidine groups is 1. The molecule has 0 aromatic carbocycles. The minimum absolute atomic E-state index is 0.0270. The van der Waals surface area contributed by atoms with Gasteiger partial charge in [-0.15, -0.1) is 0 Å². The predicted octanol–water partition coefficient (Wildman–Crippen LogP) is 1.15. The molecule has 3 N–H and O–H groups in total. The molecule has 2 unspecified atom stereocenters. The summed E-state index contributed by atoms with van der Waals surface area (Å²) in [5.74, 6) is 0.574. The minimum Gasteiger partial charge on any atom is -0.409 e. The maximum atomic E-state index is 12.2. The van der Waals surface area contributed by atoms with Gasteiger partial charge in [-0.1, -0.05) is 19.0 Å². The van der Waals surface area contributed by atoms with Crippen LogP contribution in [0.3, 0.4) is 0 Å². The Balaban J connectivity index is 2.50. The number of carbonyl (C=O) groups excluding carboxylic acids is 1. The Morgan fingerprint density at radius 1 is 1.67 bits per heavy atom. The van der Waals surface area contributed by atoms with Crippen LogP contribution in [0, 0.1) is 11.8 Å². The van der Waals surface area contributed by atoms with Gasteiger partial charge in [-0.3, -0.25) is 0 Å². The Hall–Kier alpha value is -1.46. The Labute approximate surface area is 108 Å². The highest BCUT2D eigenvalue weighted by atomic mass is 16.4. The highest BCUT2D eigenvalue weighted by Crippen LogP contribution is 2.16. The molecule has 18 heavy (non-hydrogen) atoms. The van der Waals surface area contributed by atoms with Gasteiger partial charge < -0.3 is 20.7 Å². The number of piperidine rings is 1. The number of carbonyl (C=O) groups is 1. The summed E-state index contributed by atoms with van der Waals surface area (Å²) in [5, 5.41) is 11.6. The number of rotatable bonds is 3. The van der Waals surface area contributed by atoms with Crippen LogP contribution in [0.4, 0.5) is 4.79 Å². The van der Waals surface area contributed by atoms with Crippen molar-refractivity contribution in [2.75, 3.05) is 26.7 Å². The van der Waals surface area contributed by atoms with Crippen molar-refractivity contribution in [3.8, 4) is 0 Å². The topological polar surface area (TPSA) is 82.2 Å². The molecule has 1 saturated heterocycles. The Morgan fingerprint density at radius 3 is 2.89 bits per heavy atom. The molecule has 0 radical (unpaired) electrons. The molecule has 0 aliphatic carbocycles. The van der Waals surface area contributed by atoms with Gasteiger partial charge in [0.15, 0.2) is 0 Å². The van der Waals surface area contributed by atoms with Gasteiger partial charge in [0, 0.05) is 32.6 Å². The molecule has 2 amide bonds. The van der Waals surface area contributed by atoms with Crippen molar-refractivity contribution in [1.29, 1.82) is 0 Å². The van der Waals surface area contributed by atoms with E-state index < -0.39 is 0 Å². The van der Waals surface area contributed by atoms with E-state index in [4.69, 9.17) is 10.9 Å². The summed E-state index contributed by atoms with van der Waals surface area (Å²) >= 11 is 0. The average molecular weight is 256 g/mol. The number of hydrogen-bond donors (Lipinski definition) is 2.